The van der Waals surface area contributed by atoms with Crippen LogP contribution in [0, 0.1) is 11.8 Å². The van der Waals surface area contributed by atoms with Crippen molar-refractivity contribution in [2.24, 2.45) is 11.8 Å². The molecule has 0 N–H and O–H groups in total. The average molecular weight is 269 g/mol. The molecule has 2 aliphatic rings. The Morgan fingerprint density at radius 1 is 1.16 bits per heavy atom. The van der Waals surface area contributed by atoms with Crippen molar-refractivity contribution in [3.8, 4) is 0 Å². The predicted molar refractivity (Wildman–Crippen MR) is 66.9 cm³/mol. The highest BCUT2D eigenvalue weighted by Crippen LogP contribution is 2.41. The van der Waals surface area contributed by atoms with Gasteiger partial charge in [-0.25, -0.2) is 9.59 Å². The first-order valence-corrected chi connectivity index (χ1v) is 7.09. The first-order chi connectivity index (χ1) is 9.19. The SMILES string of the molecule is CC(O[C]=O)OC(=O)OC1CCC2CCCCC2C1. The lowest BCUT2D eigenvalue weighted by Gasteiger charge is -2.38. The van der Waals surface area contributed by atoms with E-state index < -0.39 is 12.4 Å². The maximum atomic E-state index is 11.5. The summed E-state index contributed by atoms with van der Waals surface area (Å²) in [7, 11) is 0. The van der Waals surface area contributed by atoms with E-state index in [4.69, 9.17) is 9.47 Å². The molecule has 1 radical (unpaired) electrons. The number of fused-ring (bicyclic) bond motifs is 1. The van der Waals surface area contributed by atoms with Gasteiger partial charge in [-0.3, -0.25) is 0 Å². The summed E-state index contributed by atoms with van der Waals surface area (Å²) in [4.78, 5) is 21.5. The number of carbonyl (C=O) groups is 1. The molecule has 2 aliphatic carbocycles. The summed E-state index contributed by atoms with van der Waals surface area (Å²) in [5.74, 6) is 1.51. The minimum atomic E-state index is -0.948. The molecule has 0 aromatic rings. The van der Waals surface area contributed by atoms with Gasteiger partial charge in [-0.05, 0) is 31.1 Å². The van der Waals surface area contributed by atoms with Gasteiger partial charge in [-0.1, -0.05) is 25.7 Å². The summed E-state index contributed by atoms with van der Waals surface area (Å²) < 4.78 is 14.4. The normalized spacial score (nSPS) is 31.7. The molecule has 0 heterocycles. The molecule has 2 rings (SSSR count). The van der Waals surface area contributed by atoms with Crippen LogP contribution in [-0.2, 0) is 19.0 Å². The minimum Gasteiger partial charge on any atom is -0.431 e. The van der Waals surface area contributed by atoms with Crippen molar-refractivity contribution in [3.63, 3.8) is 0 Å². The molecule has 0 aromatic heterocycles. The fourth-order valence-corrected chi connectivity index (χ4v) is 3.33. The zero-order chi connectivity index (χ0) is 13.7. The van der Waals surface area contributed by atoms with Crippen LogP contribution >= 0.6 is 0 Å². The Hall–Kier alpha value is -1.26. The molecule has 0 aromatic carbocycles. The molecule has 0 spiro atoms. The van der Waals surface area contributed by atoms with E-state index in [0.29, 0.717) is 5.92 Å². The molecule has 4 atom stereocenters. The quantitative estimate of drug-likeness (QED) is 0.580. The van der Waals surface area contributed by atoms with Crippen LogP contribution in [-0.4, -0.2) is 25.0 Å². The van der Waals surface area contributed by atoms with Crippen LogP contribution < -0.4 is 0 Å². The second-order valence-electron chi connectivity index (χ2n) is 5.49. The molecule has 2 fully saturated rings. The zero-order valence-electron chi connectivity index (χ0n) is 11.3. The highest BCUT2D eigenvalue weighted by Gasteiger charge is 2.34. The fraction of sp³-hybridized carbons (Fsp3) is 0.857. The fourth-order valence-electron chi connectivity index (χ4n) is 3.33. The summed E-state index contributed by atoms with van der Waals surface area (Å²) >= 11 is 0. The largest absolute Gasteiger partial charge is 0.511 e. The summed E-state index contributed by atoms with van der Waals surface area (Å²) in [6, 6.07) is 0. The molecular weight excluding hydrogens is 248 g/mol. The van der Waals surface area contributed by atoms with E-state index >= 15 is 0 Å². The van der Waals surface area contributed by atoms with Gasteiger partial charge >= 0.3 is 12.6 Å². The Kier molecular flexibility index (Phi) is 5.05. The Bertz CT molecular complexity index is 317. The number of ether oxygens (including phenoxy) is 3. The highest BCUT2D eigenvalue weighted by molar-refractivity contribution is 5.60. The Labute approximate surface area is 113 Å². The third-order valence-corrected chi connectivity index (χ3v) is 4.23. The third kappa shape index (κ3) is 4.11. The molecule has 107 valence electrons. The lowest BCUT2D eigenvalue weighted by Crippen LogP contribution is -2.33. The minimum absolute atomic E-state index is 0.0562. The Balaban J connectivity index is 1.73. The third-order valence-electron chi connectivity index (χ3n) is 4.23. The summed E-state index contributed by atoms with van der Waals surface area (Å²) in [6.07, 6.45) is 6.42. The van der Waals surface area contributed by atoms with Crippen LogP contribution in [0.2, 0.25) is 0 Å². The number of hydrogen-bond donors (Lipinski definition) is 0. The van der Waals surface area contributed by atoms with Crippen molar-refractivity contribution in [1.82, 2.24) is 0 Å². The molecule has 19 heavy (non-hydrogen) atoms. The second kappa shape index (κ2) is 6.78. The van der Waals surface area contributed by atoms with Crippen molar-refractivity contribution in [1.29, 1.82) is 0 Å². The van der Waals surface area contributed by atoms with Gasteiger partial charge in [0.25, 0.3) is 0 Å². The van der Waals surface area contributed by atoms with Crippen LogP contribution in [0.25, 0.3) is 0 Å². The van der Waals surface area contributed by atoms with Crippen LogP contribution in [0.4, 0.5) is 4.79 Å². The van der Waals surface area contributed by atoms with Gasteiger partial charge in [0.1, 0.15) is 6.10 Å². The molecule has 0 saturated heterocycles. The van der Waals surface area contributed by atoms with E-state index in [-0.39, 0.29) is 6.10 Å². The molecule has 2 saturated carbocycles. The maximum Gasteiger partial charge on any atom is 0.511 e. The summed E-state index contributed by atoms with van der Waals surface area (Å²) in [6.45, 7) is 2.68. The van der Waals surface area contributed by atoms with Gasteiger partial charge in [-0.15, -0.1) is 0 Å². The zero-order valence-corrected chi connectivity index (χ0v) is 11.3. The Morgan fingerprint density at radius 3 is 2.63 bits per heavy atom. The van der Waals surface area contributed by atoms with Crippen molar-refractivity contribution in [3.05, 3.63) is 0 Å². The molecule has 5 heteroatoms. The van der Waals surface area contributed by atoms with Gasteiger partial charge in [-0.2, -0.15) is 0 Å². The molecule has 4 unspecified atom stereocenters. The van der Waals surface area contributed by atoms with E-state index in [1.54, 1.807) is 0 Å². The topological polar surface area (TPSA) is 61.8 Å². The van der Waals surface area contributed by atoms with E-state index in [2.05, 4.69) is 4.74 Å². The van der Waals surface area contributed by atoms with Crippen LogP contribution in [0.1, 0.15) is 51.9 Å². The number of hydrogen-bond acceptors (Lipinski definition) is 5. The standard InChI is InChI=1S/C14H21O5/c1-10(17-9-15)18-14(16)19-13-7-6-11-4-2-3-5-12(11)8-13/h10-13H,2-8H2,1H3. The first kappa shape index (κ1) is 14.2. The highest BCUT2D eigenvalue weighted by atomic mass is 16.8. The molecular formula is C14H21O5. The van der Waals surface area contributed by atoms with Gasteiger partial charge in [0, 0.05) is 6.92 Å². The number of rotatable bonds is 4. The van der Waals surface area contributed by atoms with E-state index in [1.165, 1.54) is 39.1 Å². The van der Waals surface area contributed by atoms with Gasteiger partial charge in [0.2, 0.25) is 6.29 Å². The predicted octanol–water partition coefficient (Wildman–Crippen LogP) is 2.93. The van der Waals surface area contributed by atoms with Crippen molar-refractivity contribution < 1.29 is 23.8 Å². The van der Waals surface area contributed by atoms with Crippen molar-refractivity contribution in [2.75, 3.05) is 0 Å². The van der Waals surface area contributed by atoms with Gasteiger partial charge in [0.05, 0.1) is 0 Å². The monoisotopic (exact) mass is 269 g/mol. The van der Waals surface area contributed by atoms with E-state index in [1.807, 2.05) is 0 Å². The lowest BCUT2D eigenvalue weighted by molar-refractivity contribution is -0.0806. The van der Waals surface area contributed by atoms with E-state index in [0.717, 1.165) is 25.2 Å². The molecule has 0 amide bonds. The van der Waals surface area contributed by atoms with Crippen LogP contribution in [0.5, 0.6) is 0 Å². The van der Waals surface area contributed by atoms with Crippen LogP contribution in [0.15, 0.2) is 0 Å². The molecule has 0 aliphatic heterocycles. The lowest BCUT2D eigenvalue weighted by atomic mass is 9.70. The number of carbonyl (C=O) groups excluding carboxylic acids is 2. The maximum absolute atomic E-state index is 11.5. The first-order valence-electron chi connectivity index (χ1n) is 7.09. The average Bonchev–Trinajstić information content (AvgIpc) is 2.38. The van der Waals surface area contributed by atoms with Gasteiger partial charge in [0.15, 0.2) is 0 Å². The second-order valence-corrected chi connectivity index (χ2v) is 5.49. The van der Waals surface area contributed by atoms with Crippen LogP contribution in [0.3, 0.4) is 0 Å². The van der Waals surface area contributed by atoms with Crippen molar-refractivity contribution in [2.45, 2.75) is 64.3 Å². The smallest absolute Gasteiger partial charge is 0.431 e. The summed E-state index contributed by atoms with van der Waals surface area (Å²) in [5.41, 5.74) is 0. The van der Waals surface area contributed by atoms with Crippen molar-refractivity contribution >= 4 is 12.6 Å². The Morgan fingerprint density at radius 2 is 1.89 bits per heavy atom. The van der Waals surface area contributed by atoms with Gasteiger partial charge < -0.3 is 14.2 Å². The molecule has 5 nitrogen and oxygen atoms in total. The molecule has 0 bridgehead atoms. The van der Waals surface area contributed by atoms with E-state index in [9.17, 15) is 9.59 Å². The summed E-state index contributed by atoms with van der Waals surface area (Å²) in [5, 5.41) is 0.